The molecule has 2 atom stereocenters. The van der Waals surface area contributed by atoms with Crippen molar-refractivity contribution in [1.82, 2.24) is 34.5 Å². The fourth-order valence-electron chi connectivity index (χ4n) is 4.76. The highest BCUT2D eigenvalue weighted by Crippen LogP contribution is 2.39. The number of hydrogen-bond acceptors (Lipinski definition) is 6. The smallest absolute Gasteiger partial charge is 0.226 e. The molecule has 0 spiro atoms. The lowest BCUT2D eigenvalue weighted by atomic mass is 10.1. The van der Waals surface area contributed by atoms with E-state index >= 15 is 0 Å². The number of aromatic nitrogens is 6. The minimum Gasteiger partial charge on any atom is -0.351 e. The molecule has 9 nitrogen and oxygen atoms in total. The molecule has 5 heterocycles. The molecule has 2 bridgehead atoms. The summed E-state index contributed by atoms with van der Waals surface area (Å²) in [4.78, 5) is 21.8. The highest BCUT2D eigenvalue weighted by molar-refractivity contribution is 5.83. The van der Waals surface area contributed by atoms with Crippen molar-refractivity contribution in [3.05, 3.63) is 24.8 Å². The lowest BCUT2D eigenvalue weighted by molar-refractivity contribution is -0.135. The fourth-order valence-corrected chi connectivity index (χ4v) is 4.76. The third kappa shape index (κ3) is 2.42. The molecule has 1 aliphatic carbocycles. The minimum atomic E-state index is 0.292. The van der Waals surface area contributed by atoms with Gasteiger partial charge in [0.05, 0.1) is 6.20 Å². The summed E-state index contributed by atoms with van der Waals surface area (Å²) in [7, 11) is 1.86. The van der Waals surface area contributed by atoms with Crippen LogP contribution in [0.2, 0.25) is 0 Å². The summed E-state index contributed by atoms with van der Waals surface area (Å²) in [6, 6.07) is 2.68. The van der Waals surface area contributed by atoms with Crippen LogP contribution < -0.4 is 4.90 Å². The first-order chi connectivity index (χ1) is 13.7. The summed E-state index contributed by atoms with van der Waals surface area (Å²) in [5.41, 5.74) is 2.75. The summed E-state index contributed by atoms with van der Waals surface area (Å²) in [6.45, 7) is 1.68. The van der Waals surface area contributed by atoms with Crippen LogP contribution in [0.3, 0.4) is 0 Å². The third-order valence-electron chi connectivity index (χ3n) is 6.25. The summed E-state index contributed by atoms with van der Waals surface area (Å²) < 4.78 is 3.55. The number of aryl methyl sites for hydroxylation is 1. The molecule has 28 heavy (non-hydrogen) atoms. The number of amides is 1. The van der Waals surface area contributed by atoms with Crippen molar-refractivity contribution in [2.75, 3.05) is 18.0 Å². The van der Waals surface area contributed by atoms with Crippen molar-refractivity contribution in [1.29, 1.82) is 0 Å². The molecule has 0 aromatic carbocycles. The maximum absolute atomic E-state index is 12.7. The number of carbonyl (C=O) groups excluding carboxylic acids is 1. The lowest BCUT2D eigenvalue weighted by Gasteiger charge is -2.41. The molecule has 3 aliphatic rings. The van der Waals surface area contributed by atoms with Crippen molar-refractivity contribution in [2.45, 2.75) is 37.8 Å². The second kappa shape index (κ2) is 5.76. The zero-order valence-corrected chi connectivity index (χ0v) is 15.8. The predicted octanol–water partition coefficient (Wildman–Crippen LogP) is 1.11. The van der Waals surface area contributed by atoms with Crippen LogP contribution in [0, 0.1) is 5.92 Å². The number of anilines is 1. The van der Waals surface area contributed by atoms with Gasteiger partial charge in [-0.25, -0.2) is 9.50 Å². The van der Waals surface area contributed by atoms with E-state index < -0.39 is 0 Å². The number of carbonyl (C=O) groups is 1. The molecule has 2 unspecified atom stereocenters. The molecule has 3 aromatic rings. The molecule has 0 N–H and O–H groups in total. The first kappa shape index (κ1) is 16.0. The van der Waals surface area contributed by atoms with Gasteiger partial charge in [-0.05, 0) is 31.7 Å². The zero-order valence-electron chi connectivity index (χ0n) is 15.8. The Morgan fingerprint density at radius 1 is 1.11 bits per heavy atom. The van der Waals surface area contributed by atoms with E-state index in [2.05, 4.69) is 36.3 Å². The molecule has 1 saturated carbocycles. The number of hydrogen-bond donors (Lipinski definition) is 0. The third-order valence-corrected chi connectivity index (χ3v) is 6.25. The standard InChI is InChI=1S/C19H22N8O/c1-24-10-16(22-23-24)13-6-17-18(20-11-21-26(17)7-13)25-8-14-4-5-15(9-25)27(14)19(28)12-2-3-12/h6-7,10-12,14-15H,2-5,8-9H2,1H3. The van der Waals surface area contributed by atoms with Gasteiger partial charge in [0.1, 0.15) is 17.5 Å². The van der Waals surface area contributed by atoms with Gasteiger partial charge in [0.15, 0.2) is 5.82 Å². The summed E-state index contributed by atoms with van der Waals surface area (Å²) in [6.07, 6.45) is 9.78. The van der Waals surface area contributed by atoms with Gasteiger partial charge >= 0.3 is 0 Å². The van der Waals surface area contributed by atoms with Gasteiger partial charge in [-0.1, -0.05) is 5.21 Å². The van der Waals surface area contributed by atoms with E-state index in [1.54, 1.807) is 11.0 Å². The molecule has 0 radical (unpaired) electrons. The van der Waals surface area contributed by atoms with Gasteiger partial charge in [0, 0.05) is 49.9 Å². The quantitative estimate of drug-likeness (QED) is 0.679. The number of nitrogens with zero attached hydrogens (tertiary/aromatic N) is 8. The van der Waals surface area contributed by atoms with E-state index in [-0.39, 0.29) is 0 Å². The van der Waals surface area contributed by atoms with E-state index in [0.717, 1.165) is 61.4 Å². The molecule has 2 aliphatic heterocycles. The summed E-state index contributed by atoms with van der Waals surface area (Å²) in [5, 5.41) is 12.6. The second-order valence-electron chi connectivity index (χ2n) is 8.23. The fraction of sp³-hybridized carbons (Fsp3) is 0.526. The largest absolute Gasteiger partial charge is 0.351 e. The van der Waals surface area contributed by atoms with E-state index in [1.165, 1.54) is 0 Å². The van der Waals surface area contributed by atoms with Gasteiger partial charge in [-0.3, -0.25) is 9.48 Å². The van der Waals surface area contributed by atoms with Crippen LogP contribution in [0.25, 0.3) is 16.8 Å². The van der Waals surface area contributed by atoms with Crippen molar-refractivity contribution in [3.8, 4) is 11.3 Å². The lowest BCUT2D eigenvalue weighted by Crippen LogP contribution is -2.56. The summed E-state index contributed by atoms with van der Waals surface area (Å²) in [5.74, 6) is 1.61. The van der Waals surface area contributed by atoms with Crippen LogP contribution in [0.4, 0.5) is 5.82 Å². The van der Waals surface area contributed by atoms with Crippen molar-refractivity contribution < 1.29 is 4.79 Å². The average Bonchev–Trinajstić information content (AvgIpc) is 3.22. The molecule has 3 fully saturated rings. The van der Waals surface area contributed by atoms with Crippen molar-refractivity contribution >= 4 is 17.2 Å². The highest BCUT2D eigenvalue weighted by Gasteiger charge is 2.46. The second-order valence-corrected chi connectivity index (χ2v) is 8.23. The van der Waals surface area contributed by atoms with Gasteiger partial charge < -0.3 is 9.80 Å². The Kier molecular flexibility index (Phi) is 3.30. The topological polar surface area (TPSA) is 84.5 Å². The first-order valence-electron chi connectivity index (χ1n) is 9.94. The maximum atomic E-state index is 12.7. The Labute approximate surface area is 161 Å². The molecule has 3 aromatic heterocycles. The van der Waals surface area contributed by atoms with Crippen LogP contribution in [-0.2, 0) is 11.8 Å². The predicted molar refractivity (Wildman–Crippen MR) is 102 cm³/mol. The van der Waals surface area contributed by atoms with Gasteiger partial charge in [0.2, 0.25) is 5.91 Å². The van der Waals surface area contributed by atoms with Crippen LogP contribution >= 0.6 is 0 Å². The van der Waals surface area contributed by atoms with E-state index in [9.17, 15) is 4.79 Å². The van der Waals surface area contributed by atoms with Crippen LogP contribution in [0.15, 0.2) is 24.8 Å². The van der Waals surface area contributed by atoms with Gasteiger partial charge in [0.25, 0.3) is 0 Å². The minimum absolute atomic E-state index is 0.292. The van der Waals surface area contributed by atoms with Crippen LogP contribution in [0.5, 0.6) is 0 Å². The van der Waals surface area contributed by atoms with Crippen LogP contribution in [0.1, 0.15) is 25.7 Å². The van der Waals surface area contributed by atoms with Gasteiger partial charge in [-0.2, -0.15) is 5.10 Å². The number of piperazine rings is 1. The average molecular weight is 378 g/mol. The molecular weight excluding hydrogens is 356 g/mol. The maximum Gasteiger partial charge on any atom is 0.226 e. The molecule has 6 rings (SSSR count). The Balaban J connectivity index is 1.33. The normalized spacial score (nSPS) is 24.3. The molecular formula is C19H22N8O. The van der Waals surface area contributed by atoms with E-state index in [4.69, 9.17) is 0 Å². The zero-order chi connectivity index (χ0) is 18.8. The molecule has 1 amide bonds. The number of rotatable bonds is 3. The Hall–Kier alpha value is -2.97. The Bertz CT molecular complexity index is 1050. The molecule has 144 valence electrons. The number of fused-ring (bicyclic) bond motifs is 3. The van der Waals surface area contributed by atoms with E-state index in [0.29, 0.717) is 23.9 Å². The van der Waals surface area contributed by atoms with Gasteiger partial charge in [-0.15, -0.1) is 5.10 Å². The summed E-state index contributed by atoms with van der Waals surface area (Å²) >= 11 is 0. The van der Waals surface area contributed by atoms with Crippen molar-refractivity contribution in [3.63, 3.8) is 0 Å². The highest BCUT2D eigenvalue weighted by atomic mass is 16.2. The molecule has 2 saturated heterocycles. The first-order valence-corrected chi connectivity index (χ1v) is 9.94. The Morgan fingerprint density at radius 3 is 2.57 bits per heavy atom. The van der Waals surface area contributed by atoms with Crippen LogP contribution in [-0.4, -0.2) is 65.6 Å². The monoisotopic (exact) mass is 378 g/mol. The van der Waals surface area contributed by atoms with Crippen molar-refractivity contribution in [2.24, 2.45) is 13.0 Å². The molecule has 9 heteroatoms. The SMILES string of the molecule is Cn1cc(-c2cc3c(N4CC5CCC(C4)N5C(=O)C4CC4)ncnn3c2)nn1. The van der Waals surface area contributed by atoms with E-state index in [1.807, 2.05) is 24.0 Å². The Morgan fingerprint density at radius 2 is 1.89 bits per heavy atom.